The molecule has 0 fully saturated rings. The molecule has 0 aliphatic rings. The zero-order valence-corrected chi connectivity index (χ0v) is 15.2. The monoisotopic (exact) mass is 352 g/mol. The second-order valence-electron chi connectivity index (χ2n) is 4.57. The van der Waals surface area contributed by atoms with Crippen LogP contribution < -0.4 is 0 Å². The molecule has 3 nitrogen and oxygen atoms in total. The molecule has 0 heterocycles. The Kier molecular flexibility index (Phi) is 13.5. The Hall–Kier alpha value is 0.317. The molecule has 0 radical (unpaired) electrons. The number of alkyl halides is 1. The molecular weight excluding hydrogens is 324 g/mol. The Morgan fingerprint density at radius 3 is 1.74 bits per heavy atom. The van der Waals surface area contributed by atoms with Crippen molar-refractivity contribution in [3.8, 4) is 0 Å². The molecule has 114 valence electrons. The molecule has 0 aromatic heterocycles. The van der Waals surface area contributed by atoms with Gasteiger partial charge in [-0.1, -0.05) is 54.1 Å². The van der Waals surface area contributed by atoms with E-state index in [9.17, 15) is 0 Å². The maximum Gasteiger partial charge on any atom is 0.528 e. The predicted molar refractivity (Wildman–Crippen MR) is 86.7 cm³/mol. The largest absolute Gasteiger partial charge is 0.528 e. The lowest BCUT2D eigenvalue weighted by Gasteiger charge is -2.20. The van der Waals surface area contributed by atoms with E-state index in [2.05, 4.69) is 22.0 Å². The molecule has 0 amide bonds. The molecule has 0 saturated heterocycles. The van der Waals surface area contributed by atoms with Gasteiger partial charge in [-0.3, -0.25) is 0 Å². The van der Waals surface area contributed by atoms with Gasteiger partial charge >= 0.3 is 8.80 Å². The summed E-state index contributed by atoms with van der Waals surface area (Å²) in [5.41, 5.74) is 1.98. The Morgan fingerprint density at radius 1 is 0.789 bits per heavy atom. The van der Waals surface area contributed by atoms with E-state index in [1.807, 2.05) is 5.70 Å². The van der Waals surface area contributed by atoms with Crippen LogP contribution in [0, 0.1) is 0 Å². The lowest BCUT2D eigenvalue weighted by atomic mass is 10.1. The minimum absolute atomic E-state index is 1.08. The van der Waals surface area contributed by atoms with Gasteiger partial charge in [0.2, 0.25) is 0 Å². The van der Waals surface area contributed by atoms with Crippen LogP contribution in [0.2, 0.25) is 0 Å². The van der Waals surface area contributed by atoms with Crippen molar-refractivity contribution in [2.75, 3.05) is 26.7 Å². The van der Waals surface area contributed by atoms with Gasteiger partial charge in [-0.05, 0) is 25.0 Å². The van der Waals surface area contributed by atoms with E-state index in [1.165, 1.54) is 44.9 Å². The van der Waals surface area contributed by atoms with Crippen LogP contribution in [0.3, 0.4) is 0 Å². The molecule has 19 heavy (non-hydrogen) atoms. The van der Waals surface area contributed by atoms with Crippen LogP contribution in [0.25, 0.3) is 0 Å². The summed E-state index contributed by atoms with van der Waals surface area (Å²) in [5, 5.41) is 1.14. The molecule has 0 atom stereocenters. The zero-order valence-electron chi connectivity index (χ0n) is 12.6. The van der Waals surface area contributed by atoms with Crippen molar-refractivity contribution in [1.82, 2.24) is 0 Å². The van der Waals surface area contributed by atoms with Crippen LogP contribution in [0.15, 0.2) is 11.8 Å². The molecule has 0 aromatic rings. The Labute approximate surface area is 128 Å². The highest BCUT2D eigenvalue weighted by Gasteiger charge is 2.33. The topological polar surface area (TPSA) is 27.7 Å². The first-order valence-electron chi connectivity index (χ1n) is 7.13. The number of hydrogen-bond acceptors (Lipinski definition) is 3. The summed E-state index contributed by atoms with van der Waals surface area (Å²) in [6.07, 6.45) is 12.5. The van der Waals surface area contributed by atoms with E-state index in [0.29, 0.717) is 0 Å². The Bertz CT molecular complexity index is 212. The minimum atomic E-state index is -2.49. The smallest absolute Gasteiger partial charge is 0.374 e. The Morgan fingerprint density at radius 2 is 1.26 bits per heavy atom. The first-order chi connectivity index (χ1) is 9.24. The van der Waals surface area contributed by atoms with Crippen molar-refractivity contribution >= 4 is 24.7 Å². The second kappa shape index (κ2) is 13.3. The van der Waals surface area contributed by atoms with Gasteiger partial charge in [0.05, 0.1) is 0 Å². The third kappa shape index (κ3) is 9.79. The van der Waals surface area contributed by atoms with Crippen LogP contribution in [0.5, 0.6) is 0 Å². The van der Waals surface area contributed by atoms with Gasteiger partial charge in [0.25, 0.3) is 0 Å². The van der Waals surface area contributed by atoms with Gasteiger partial charge in [-0.25, -0.2) is 0 Å². The lowest BCUT2D eigenvalue weighted by Crippen LogP contribution is -2.40. The van der Waals surface area contributed by atoms with E-state index in [0.717, 1.165) is 11.8 Å². The minimum Gasteiger partial charge on any atom is -0.374 e. The van der Waals surface area contributed by atoms with Crippen molar-refractivity contribution in [3.05, 3.63) is 11.8 Å². The van der Waals surface area contributed by atoms with E-state index < -0.39 is 8.80 Å². The number of allylic oxidation sites excluding steroid dienone is 1. The van der Waals surface area contributed by atoms with Crippen LogP contribution in [-0.2, 0) is 13.3 Å². The van der Waals surface area contributed by atoms with Gasteiger partial charge in [0.15, 0.2) is 0 Å². The first kappa shape index (κ1) is 19.3. The fourth-order valence-corrected chi connectivity index (χ4v) is 3.68. The second-order valence-corrected chi connectivity index (χ2v) is 8.13. The molecule has 0 saturated carbocycles. The molecule has 0 rings (SSSR count). The van der Waals surface area contributed by atoms with Crippen molar-refractivity contribution < 1.29 is 13.3 Å². The van der Waals surface area contributed by atoms with Crippen molar-refractivity contribution in [3.63, 3.8) is 0 Å². The van der Waals surface area contributed by atoms with Crippen LogP contribution in [-0.4, -0.2) is 35.5 Å². The predicted octanol–water partition coefficient (Wildman–Crippen LogP) is 4.48. The molecule has 0 spiro atoms. The lowest BCUT2D eigenvalue weighted by molar-refractivity contribution is 0.138. The standard InChI is InChI=1S/C14H29BrO3Si/c1-16-19(17-2,18-3)14-12-10-8-6-4-5-7-9-11-13-15/h12,14H,4-11,13H2,1-3H3. The van der Waals surface area contributed by atoms with Crippen molar-refractivity contribution in [2.24, 2.45) is 0 Å². The molecule has 0 aliphatic heterocycles. The fourth-order valence-electron chi connectivity index (χ4n) is 1.92. The van der Waals surface area contributed by atoms with Crippen molar-refractivity contribution in [1.29, 1.82) is 0 Å². The maximum absolute atomic E-state index is 5.32. The van der Waals surface area contributed by atoms with Gasteiger partial charge in [0, 0.05) is 26.7 Å². The van der Waals surface area contributed by atoms with Gasteiger partial charge in [0.1, 0.15) is 0 Å². The summed E-state index contributed by atoms with van der Waals surface area (Å²) in [6.45, 7) is 0. The molecule has 0 aromatic carbocycles. The van der Waals surface area contributed by atoms with Crippen LogP contribution >= 0.6 is 15.9 Å². The van der Waals surface area contributed by atoms with E-state index in [-0.39, 0.29) is 0 Å². The summed E-state index contributed by atoms with van der Waals surface area (Å²) >= 11 is 3.46. The molecule has 0 bridgehead atoms. The maximum atomic E-state index is 5.32. The number of hydrogen-bond donors (Lipinski definition) is 0. The number of halogens is 1. The highest BCUT2D eigenvalue weighted by atomic mass is 79.9. The summed E-state index contributed by atoms with van der Waals surface area (Å²) < 4.78 is 16.0. The SMILES string of the molecule is CO[Si](C=CCCCCCCCCCBr)(OC)OC. The molecule has 0 N–H and O–H groups in total. The van der Waals surface area contributed by atoms with E-state index >= 15 is 0 Å². The normalized spacial score (nSPS) is 12.4. The molecule has 0 unspecified atom stereocenters. The van der Waals surface area contributed by atoms with E-state index in [4.69, 9.17) is 13.3 Å². The summed E-state index contributed by atoms with van der Waals surface area (Å²) in [6, 6.07) is 0. The van der Waals surface area contributed by atoms with E-state index in [1.54, 1.807) is 21.3 Å². The third-order valence-electron chi connectivity index (χ3n) is 3.18. The average Bonchev–Trinajstić information content (AvgIpc) is 2.46. The zero-order chi connectivity index (χ0) is 14.4. The highest BCUT2D eigenvalue weighted by Crippen LogP contribution is 2.11. The number of unbranched alkanes of at least 4 members (excludes halogenated alkanes) is 7. The summed E-state index contributed by atoms with van der Waals surface area (Å²) in [4.78, 5) is 0. The van der Waals surface area contributed by atoms with Crippen LogP contribution in [0.1, 0.15) is 51.4 Å². The average molecular weight is 353 g/mol. The highest BCUT2D eigenvalue weighted by molar-refractivity contribution is 9.09. The van der Waals surface area contributed by atoms with Crippen LogP contribution in [0.4, 0.5) is 0 Å². The fraction of sp³-hybridized carbons (Fsp3) is 0.857. The first-order valence-corrected chi connectivity index (χ1v) is 10.1. The molecule has 0 aliphatic carbocycles. The van der Waals surface area contributed by atoms with Gasteiger partial charge in [-0.15, -0.1) is 0 Å². The quantitative estimate of drug-likeness (QED) is 0.278. The van der Waals surface area contributed by atoms with Gasteiger partial charge < -0.3 is 13.3 Å². The summed E-state index contributed by atoms with van der Waals surface area (Å²) in [7, 11) is 2.41. The van der Waals surface area contributed by atoms with Crippen molar-refractivity contribution in [2.45, 2.75) is 51.4 Å². The Balaban J connectivity index is 3.52. The third-order valence-corrected chi connectivity index (χ3v) is 6.09. The summed E-state index contributed by atoms with van der Waals surface area (Å²) in [5.74, 6) is 0. The molecular formula is C14H29BrO3Si. The van der Waals surface area contributed by atoms with Gasteiger partial charge in [-0.2, -0.15) is 0 Å². The number of rotatable bonds is 13. The molecule has 5 heteroatoms.